The number of Topliss-reactive ketones (excluding diaryl/α,β-unsaturated/α-hetero) is 1. The van der Waals surface area contributed by atoms with Crippen LogP contribution in [0, 0.1) is 0 Å². The maximum Gasteiger partial charge on any atom is 0.139 e. The topological polar surface area (TPSA) is 46.5 Å². The van der Waals surface area contributed by atoms with Gasteiger partial charge in [0.25, 0.3) is 0 Å². The van der Waals surface area contributed by atoms with Crippen LogP contribution in [0.1, 0.15) is 24.8 Å². The van der Waals surface area contributed by atoms with E-state index in [0.717, 1.165) is 18.4 Å². The normalized spacial score (nSPS) is 23.8. The second-order valence-corrected chi connectivity index (χ2v) is 4.55. The Bertz CT molecular complexity index is 361. The van der Waals surface area contributed by atoms with Crippen molar-refractivity contribution >= 4 is 5.78 Å². The van der Waals surface area contributed by atoms with E-state index in [1.165, 1.54) is 0 Å². The molecule has 92 valence electrons. The molecular formula is C14H18O3. The van der Waals surface area contributed by atoms with Crippen LogP contribution < -0.4 is 0 Å². The molecular weight excluding hydrogens is 216 g/mol. The summed E-state index contributed by atoms with van der Waals surface area (Å²) in [6, 6.07) is 9.75. The van der Waals surface area contributed by atoms with Crippen molar-refractivity contribution in [3.05, 3.63) is 35.9 Å². The van der Waals surface area contributed by atoms with Crippen molar-refractivity contribution < 1.29 is 14.6 Å². The van der Waals surface area contributed by atoms with E-state index in [-0.39, 0.29) is 24.6 Å². The Hall–Kier alpha value is -1.19. The van der Waals surface area contributed by atoms with E-state index in [1.807, 2.05) is 30.3 Å². The van der Waals surface area contributed by atoms with E-state index in [0.29, 0.717) is 12.8 Å². The van der Waals surface area contributed by atoms with Gasteiger partial charge < -0.3 is 9.84 Å². The molecule has 17 heavy (non-hydrogen) atoms. The third-order valence-corrected chi connectivity index (χ3v) is 3.10. The summed E-state index contributed by atoms with van der Waals surface area (Å²) in [4.78, 5) is 11.8. The molecule has 3 heteroatoms. The number of hydrogen-bond acceptors (Lipinski definition) is 3. The molecule has 2 rings (SSSR count). The molecule has 0 spiro atoms. The smallest absolute Gasteiger partial charge is 0.139 e. The summed E-state index contributed by atoms with van der Waals surface area (Å²) in [5, 5.41) is 8.94. The lowest BCUT2D eigenvalue weighted by molar-refractivity contribution is -0.121. The molecule has 0 bridgehead atoms. The number of carbonyl (C=O) groups is 1. The van der Waals surface area contributed by atoms with Gasteiger partial charge in [-0.25, -0.2) is 0 Å². The van der Waals surface area contributed by atoms with Crippen molar-refractivity contribution in [2.24, 2.45) is 0 Å². The minimum absolute atomic E-state index is 0.00311. The highest BCUT2D eigenvalue weighted by atomic mass is 16.5. The fraction of sp³-hybridized carbons (Fsp3) is 0.500. The van der Waals surface area contributed by atoms with Gasteiger partial charge in [-0.2, -0.15) is 0 Å². The second kappa shape index (κ2) is 5.94. The number of ether oxygens (including phenoxy) is 1. The second-order valence-electron chi connectivity index (χ2n) is 4.55. The van der Waals surface area contributed by atoms with Gasteiger partial charge in [0.15, 0.2) is 0 Å². The van der Waals surface area contributed by atoms with E-state index in [9.17, 15) is 4.79 Å². The molecule has 1 saturated heterocycles. The number of ketones is 1. The summed E-state index contributed by atoms with van der Waals surface area (Å²) in [6.45, 7) is 0.0589. The molecule has 0 saturated carbocycles. The van der Waals surface area contributed by atoms with Gasteiger partial charge in [0.2, 0.25) is 0 Å². The minimum atomic E-state index is -0.0653. The number of hydrogen-bond donors (Lipinski definition) is 1. The molecule has 1 aromatic carbocycles. The van der Waals surface area contributed by atoms with Crippen LogP contribution in [0.4, 0.5) is 0 Å². The van der Waals surface area contributed by atoms with E-state index in [1.54, 1.807) is 0 Å². The Labute approximate surface area is 101 Å². The lowest BCUT2D eigenvalue weighted by atomic mass is 10.0. The summed E-state index contributed by atoms with van der Waals surface area (Å²) < 4.78 is 5.55. The van der Waals surface area contributed by atoms with E-state index in [4.69, 9.17) is 9.84 Å². The third kappa shape index (κ3) is 3.65. The quantitative estimate of drug-likeness (QED) is 0.844. The number of aliphatic hydroxyl groups is 1. The van der Waals surface area contributed by atoms with Gasteiger partial charge in [-0.15, -0.1) is 0 Å². The van der Waals surface area contributed by atoms with Crippen molar-refractivity contribution in [2.45, 2.75) is 37.9 Å². The Morgan fingerprint density at radius 3 is 2.59 bits per heavy atom. The minimum Gasteiger partial charge on any atom is -0.394 e. The van der Waals surface area contributed by atoms with Crippen LogP contribution in [0.15, 0.2) is 30.3 Å². The van der Waals surface area contributed by atoms with Crippen molar-refractivity contribution in [3.63, 3.8) is 0 Å². The number of carbonyl (C=O) groups excluding carboxylic acids is 1. The SMILES string of the molecule is O=C(Cc1ccccc1)CC1CC[C@H](CO)O1. The van der Waals surface area contributed by atoms with Crippen molar-refractivity contribution in [1.82, 2.24) is 0 Å². The fourth-order valence-electron chi connectivity index (χ4n) is 2.21. The summed E-state index contributed by atoms with van der Waals surface area (Å²) in [5.41, 5.74) is 1.05. The van der Waals surface area contributed by atoms with Crippen molar-refractivity contribution in [3.8, 4) is 0 Å². The molecule has 0 radical (unpaired) electrons. The van der Waals surface area contributed by atoms with Gasteiger partial charge in [-0.3, -0.25) is 4.79 Å². The number of aliphatic hydroxyl groups excluding tert-OH is 1. The monoisotopic (exact) mass is 234 g/mol. The van der Waals surface area contributed by atoms with Crippen molar-refractivity contribution in [2.75, 3.05) is 6.61 Å². The molecule has 1 aliphatic heterocycles. The van der Waals surface area contributed by atoms with Crippen LogP contribution in [0.3, 0.4) is 0 Å². The molecule has 0 aromatic heterocycles. The van der Waals surface area contributed by atoms with Gasteiger partial charge in [0.05, 0.1) is 18.8 Å². The largest absolute Gasteiger partial charge is 0.394 e. The first kappa shape index (κ1) is 12.3. The summed E-state index contributed by atoms with van der Waals surface area (Å²) >= 11 is 0. The molecule has 1 heterocycles. The van der Waals surface area contributed by atoms with Gasteiger partial charge in [-0.05, 0) is 18.4 Å². The van der Waals surface area contributed by atoms with Gasteiger partial charge in [-0.1, -0.05) is 30.3 Å². The Morgan fingerprint density at radius 2 is 1.94 bits per heavy atom. The van der Waals surface area contributed by atoms with Crippen LogP contribution in [0.5, 0.6) is 0 Å². The molecule has 1 aromatic rings. The predicted octanol–water partition coefficient (Wildman–Crippen LogP) is 1.73. The van der Waals surface area contributed by atoms with E-state index in [2.05, 4.69) is 0 Å². The lowest BCUT2D eigenvalue weighted by Crippen LogP contribution is -2.18. The zero-order valence-electron chi connectivity index (χ0n) is 9.84. The van der Waals surface area contributed by atoms with Gasteiger partial charge in [0.1, 0.15) is 5.78 Å². The Balaban J connectivity index is 1.78. The van der Waals surface area contributed by atoms with Crippen LogP contribution in [-0.4, -0.2) is 29.7 Å². The Kier molecular flexibility index (Phi) is 4.29. The predicted molar refractivity (Wildman–Crippen MR) is 64.8 cm³/mol. The van der Waals surface area contributed by atoms with Gasteiger partial charge >= 0.3 is 0 Å². The molecule has 0 amide bonds. The molecule has 1 aliphatic rings. The first-order valence-corrected chi connectivity index (χ1v) is 6.10. The fourth-order valence-corrected chi connectivity index (χ4v) is 2.21. The average Bonchev–Trinajstić information content (AvgIpc) is 2.78. The zero-order chi connectivity index (χ0) is 12.1. The van der Waals surface area contributed by atoms with E-state index < -0.39 is 0 Å². The molecule has 1 N–H and O–H groups in total. The summed E-state index contributed by atoms with van der Waals surface area (Å²) in [5.74, 6) is 0.208. The molecule has 3 nitrogen and oxygen atoms in total. The van der Waals surface area contributed by atoms with Crippen LogP contribution in [-0.2, 0) is 16.0 Å². The van der Waals surface area contributed by atoms with Gasteiger partial charge in [0, 0.05) is 12.8 Å². The maximum absolute atomic E-state index is 11.8. The Morgan fingerprint density at radius 1 is 1.24 bits per heavy atom. The highest BCUT2D eigenvalue weighted by Crippen LogP contribution is 2.22. The lowest BCUT2D eigenvalue weighted by Gasteiger charge is -2.11. The average molecular weight is 234 g/mol. The first-order chi connectivity index (χ1) is 8.28. The maximum atomic E-state index is 11.8. The van der Waals surface area contributed by atoms with E-state index >= 15 is 0 Å². The standard InChI is InChI=1S/C14H18O3/c15-10-14-7-6-13(17-14)9-12(16)8-11-4-2-1-3-5-11/h1-5,13-15H,6-10H2/t13?,14-/m1/s1. The van der Waals surface area contributed by atoms with Crippen LogP contribution in [0.25, 0.3) is 0 Å². The number of rotatable bonds is 5. The molecule has 2 atom stereocenters. The van der Waals surface area contributed by atoms with Crippen LogP contribution in [0.2, 0.25) is 0 Å². The van der Waals surface area contributed by atoms with Crippen LogP contribution >= 0.6 is 0 Å². The third-order valence-electron chi connectivity index (χ3n) is 3.10. The van der Waals surface area contributed by atoms with Crippen molar-refractivity contribution in [1.29, 1.82) is 0 Å². The zero-order valence-corrected chi connectivity index (χ0v) is 9.84. The molecule has 0 aliphatic carbocycles. The highest BCUT2D eigenvalue weighted by Gasteiger charge is 2.26. The highest BCUT2D eigenvalue weighted by molar-refractivity contribution is 5.81. The molecule has 1 fully saturated rings. The number of benzene rings is 1. The molecule has 1 unspecified atom stereocenters. The summed E-state index contributed by atoms with van der Waals surface area (Å²) in [6.07, 6.45) is 2.62. The summed E-state index contributed by atoms with van der Waals surface area (Å²) in [7, 11) is 0. The first-order valence-electron chi connectivity index (χ1n) is 6.10.